The van der Waals surface area contributed by atoms with Crippen LogP contribution in [0.4, 0.5) is 0 Å². The number of aliphatic hydroxyl groups excluding tert-OH is 1. The van der Waals surface area contributed by atoms with E-state index < -0.39 is 8.07 Å². The van der Waals surface area contributed by atoms with E-state index in [9.17, 15) is 5.11 Å². The molecule has 97 valence electrons. The Kier molecular flexibility index (Phi) is 4.84. The Morgan fingerprint density at radius 2 is 1.65 bits per heavy atom. The van der Waals surface area contributed by atoms with Gasteiger partial charge in [0.05, 0.1) is 14.2 Å². The lowest BCUT2D eigenvalue weighted by Crippen LogP contribution is -2.44. The molecule has 1 rings (SSSR count). The molecule has 1 aliphatic rings. The fraction of sp³-hybridized carbons (Fsp3) is 0.643. The Morgan fingerprint density at radius 1 is 1.12 bits per heavy atom. The third kappa shape index (κ3) is 3.33. The van der Waals surface area contributed by atoms with E-state index in [1.807, 2.05) is 6.92 Å². The van der Waals surface area contributed by atoms with E-state index in [4.69, 9.17) is 0 Å². The molecule has 0 aliphatic heterocycles. The maximum absolute atomic E-state index is 9.91. The summed E-state index contributed by atoms with van der Waals surface area (Å²) < 4.78 is 0. The smallest absolute Gasteiger partial charge is 0.0584 e. The molecule has 1 saturated carbocycles. The van der Waals surface area contributed by atoms with Crippen LogP contribution in [-0.2, 0) is 0 Å². The summed E-state index contributed by atoms with van der Waals surface area (Å²) in [4.78, 5) is 2.21. The van der Waals surface area contributed by atoms with Crippen molar-refractivity contribution in [3.63, 3.8) is 0 Å². The van der Waals surface area contributed by atoms with Crippen molar-refractivity contribution in [3.8, 4) is 0 Å². The standard InChI is InChI=1S/C14H26NOSi/c1-10(15(3)4)14-12(11(2)16)8-9-13(14)17(5,6)7/h8-11,16H,1-7H3/t10-,11-/m0/s1. The second-order valence-electron chi connectivity index (χ2n) is 6.18. The number of nitrogens with zero attached hydrogens (tertiary/aromatic N) is 1. The Hall–Kier alpha value is 0.137. The zero-order valence-corrected chi connectivity index (χ0v) is 13.2. The van der Waals surface area contributed by atoms with Gasteiger partial charge in [-0.05, 0) is 46.3 Å². The van der Waals surface area contributed by atoms with E-state index in [0.29, 0.717) is 6.04 Å². The first-order valence-corrected chi connectivity index (χ1v) is 9.80. The highest BCUT2D eigenvalue weighted by Gasteiger charge is 2.48. The molecule has 0 spiro atoms. The minimum absolute atomic E-state index is 0.358. The molecule has 0 amide bonds. The van der Waals surface area contributed by atoms with Gasteiger partial charge in [-0.1, -0.05) is 19.6 Å². The van der Waals surface area contributed by atoms with Gasteiger partial charge in [-0.15, -0.1) is 0 Å². The van der Waals surface area contributed by atoms with E-state index in [0.717, 1.165) is 5.92 Å². The molecule has 0 heterocycles. The summed E-state index contributed by atoms with van der Waals surface area (Å²) in [7, 11) is 2.84. The summed E-state index contributed by atoms with van der Waals surface area (Å²) in [5.74, 6) is 2.45. The van der Waals surface area contributed by atoms with Crippen LogP contribution in [-0.4, -0.2) is 44.3 Å². The molecule has 2 atom stereocenters. The maximum Gasteiger partial charge on any atom is 0.0584 e. The van der Waals surface area contributed by atoms with Crippen molar-refractivity contribution in [2.45, 2.75) is 45.6 Å². The first-order valence-electron chi connectivity index (χ1n) is 6.30. The van der Waals surface area contributed by atoms with Gasteiger partial charge in [-0.3, -0.25) is 0 Å². The predicted octanol–water partition coefficient (Wildman–Crippen LogP) is 2.34. The summed E-state index contributed by atoms with van der Waals surface area (Å²) in [5.41, 5.74) is 1.48. The molecule has 0 unspecified atom stereocenters. The third-order valence-corrected chi connectivity index (χ3v) is 5.53. The predicted molar refractivity (Wildman–Crippen MR) is 76.5 cm³/mol. The highest BCUT2D eigenvalue weighted by atomic mass is 28.3. The molecule has 3 heteroatoms. The fourth-order valence-corrected chi connectivity index (χ4v) is 4.00. The topological polar surface area (TPSA) is 23.5 Å². The molecule has 1 fully saturated rings. The Morgan fingerprint density at radius 3 is 2.00 bits per heavy atom. The average molecular weight is 252 g/mol. The van der Waals surface area contributed by atoms with Gasteiger partial charge in [0, 0.05) is 17.9 Å². The minimum atomic E-state index is -1.35. The molecule has 0 aromatic carbocycles. The van der Waals surface area contributed by atoms with E-state index >= 15 is 0 Å². The van der Waals surface area contributed by atoms with Gasteiger partial charge in [0.25, 0.3) is 0 Å². The summed E-state index contributed by atoms with van der Waals surface area (Å²) in [6, 6.07) is 0.358. The summed E-state index contributed by atoms with van der Waals surface area (Å²) >= 11 is 0. The number of hydrogen-bond donors (Lipinski definition) is 1. The Balaban J connectivity index is 2.94. The number of aliphatic hydroxyl groups is 1. The third-order valence-electron chi connectivity index (χ3n) is 3.48. The Bertz CT molecular complexity index is 247. The van der Waals surface area contributed by atoms with Crippen LogP contribution in [0.5, 0.6) is 0 Å². The summed E-state index contributed by atoms with van der Waals surface area (Å²) in [6.07, 6.45) is 3.95. The van der Waals surface area contributed by atoms with Gasteiger partial charge in [-0.25, -0.2) is 0 Å². The monoisotopic (exact) mass is 252 g/mol. The highest BCUT2D eigenvalue weighted by Crippen LogP contribution is 2.49. The molecular formula is C14H26NOSi. The molecule has 0 aromatic rings. The Labute approximate surface area is 108 Å². The van der Waals surface area contributed by atoms with Crippen molar-refractivity contribution in [1.82, 2.24) is 4.90 Å². The van der Waals surface area contributed by atoms with Crippen LogP contribution in [0.2, 0.25) is 19.6 Å². The molecule has 2 nitrogen and oxygen atoms in total. The van der Waals surface area contributed by atoms with Crippen molar-refractivity contribution in [1.29, 1.82) is 0 Å². The zero-order chi connectivity index (χ0) is 13.4. The first-order chi connectivity index (χ1) is 7.66. The van der Waals surface area contributed by atoms with Gasteiger partial charge in [-0.2, -0.15) is 0 Å². The first kappa shape index (κ1) is 15.2. The van der Waals surface area contributed by atoms with Gasteiger partial charge in [0.15, 0.2) is 0 Å². The number of hydrogen-bond acceptors (Lipinski definition) is 2. The van der Waals surface area contributed by atoms with Crippen LogP contribution >= 0.6 is 0 Å². The van der Waals surface area contributed by atoms with Crippen molar-refractivity contribution < 1.29 is 5.11 Å². The van der Waals surface area contributed by atoms with Gasteiger partial charge in [0.2, 0.25) is 0 Å². The lowest BCUT2D eigenvalue weighted by Gasteiger charge is -2.39. The SMILES string of the molecule is C[C@H](O)[C]1[CH][CH][C]([Si](C)(C)C)[C]1[C@H](C)N(C)C. The fourth-order valence-electron chi connectivity index (χ4n) is 2.25. The summed E-state index contributed by atoms with van der Waals surface area (Å²) in [6.45, 7) is 11.2. The van der Waals surface area contributed by atoms with Gasteiger partial charge < -0.3 is 10.0 Å². The maximum atomic E-state index is 9.91. The van der Waals surface area contributed by atoms with Crippen molar-refractivity contribution in [2.75, 3.05) is 14.1 Å². The van der Waals surface area contributed by atoms with Crippen LogP contribution in [0.25, 0.3) is 0 Å². The quantitative estimate of drug-likeness (QED) is 0.776. The van der Waals surface area contributed by atoms with Crippen LogP contribution in [0.1, 0.15) is 13.8 Å². The van der Waals surface area contributed by atoms with Crippen molar-refractivity contribution in [3.05, 3.63) is 30.2 Å². The van der Waals surface area contributed by atoms with Crippen molar-refractivity contribution >= 4 is 8.07 Å². The number of rotatable bonds is 4. The molecule has 5 radical (unpaired) electrons. The van der Waals surface area contributed by atoms with Gasteiger partial charge >= 0.3 is 0 Å². The lowest BCUT2D eigenvalue weighted by molar-refractivity contribution is 0.204. The lowest BCUT2D eigenvalue weighted by atomic mass is 9.85. The molecule has 0 aromatic heterocycles. The van der Waals surface area contributed by atoms with Crippen molar-refractivity contribution in [2.24, 2.45) is 0 Å². The molecular weight excluding hydrogens is 226 g/mol. The van der Waals surface area contributed by atoms with Gasteiger partial charge in [0.1, 0.15) is 0 Å². The molecule has 17 heavy (non-hydrogen) atoms. The van der Waals surface area contributed by atoms with E-state index in [1.54, 1.807) is 0 Å². The minimum Gasteiger partial charge on any atom is -0.393 e. The van der Waals surface area contributed by atoms with Crippen LogP contribution in [0, 0.1) is 30.2 Å². The molecule has 0 bridgehead atoms. The highest BCUT2D eigenvalue weighted by molar-refractivity contribution is 6.82. The van der Waals surface area contributed by atoms with E-state index in [2.05, 4.69) is 58.4 Å². The molecule has 1 N–H and O–H groups in total. The second kappa shape index (κ2) is 5.41. The average Bonchev–Trinajstić information content (AvgIpc) is 2.59. The van der Waals surface area contributed by atoms with Crippen LogP contribution in [0.3, 0.4) is 0 Å². The normalized spacial score (nSPS) is 24.5. The molecule has 1 aliphatic carbocycles. The van der Waals surface area contributed by atoms with E-state index in [1.165, 1.54) is 11.5 Å². The molecule has 0 saturated heterocycles. The zero-order valence-electron chi connectivity index (χ0n) is 12.2. The summed E-state index contributed by atoms with van der Waals surface area (Å²) in [5, 5.41) is 9.91. The van der Waals surface area contributed by atoms with Crippen LogP contribution in [0.15, 0.2) is 0 Å². The largest absolute Gasteiger partial charge is 0.393 e. The van der Waals surface area contributed by atoms with E-state index in [-0.39, 0.29) is 6.10 Å². The van der Waals surface area contributed by atoms with Crippen LogP contribution < -0.4 is 0 Å². The second-order valence-corrected chi connectivity index (χ2v) is 11.2.